The van der Waals surface area contributed by atoms with Crippen LogP contribution in [0, 0.1) is 0 Å². The van der Waals surface area contributed by atoms with Gasteiger partial charge in [0.2, 0.25) is 0 Å². The van der Waals surface area contributed by atoms with Gasteiger partial charge in [0.25, 0.3) is 5.91 Å². The number of carboxylic acids is 4. The third-order valence-electron chi connectivity index (χ3n) is 5.09. The maximum Gasteiger partial charge on any atom is 0.335 e. The van der Waals surface area contributed by atoms with E-state index in [0.29, 0.717) is 5.56 Å². The molecule has 0 aromatic heterocycles. The molecule has 16 heteroatoms. The quantitative estimate of drug-likeness (QED) is 0.110. The van der Waals surface area contributed by atoms with E-state index in [9.17, 15) is 39.0 Å². The second kappa shape index (κ2) is 13.6. The van der Waals surface area contributed by atoms with Crippen LogP contribution in [0.15, 0.2) is 47.6 Å². The monoisotopic (exact) mass is 542 g/mol. The molecule has 0 aliphatic heterocycles. The maximum absolute atomic E-state index is 12.6. The number of carbonyl (C=O) groups excluding carboxylic acids is 2. The first-order chi connectivity index (χ1) is 18.4. The summed E-state index contributed by atoms with van der Waals surface area (Å²) < 4.78 is 0. The summed E-state index contributed by atoms with van der Waals surface area (Å²) in [5.41, 5.74) is 8.82. The predicted molar refractivity (Wildman–Crippen MR) is 132 cm³/mol. The number of azide groups is 1. The smallest absolute Gasteiger partial charge is 0.335 e. The molecule has 2 aromatic carbocycles. The lowest BCUT2D eigenvalue weighted by Crippen LogP contribution is -2.51. The van der Waals surface area contributed by atoms with E-state index in [2.05, 4.69) is 20.7 Å². The first-order valence-corrected chi connectivity index (χ1v) is 11.0. The summed E-state index contributed by atoms with van der Waals surface area (Å²) in [6.07, 6.45) is -1.15. The molecule has 39 heavy (non-hydrogen) atoms. The number of aliphatic carboxylic acids is 3. The largest absolute Gasteiger partial charge is 0.481 e. The molecule has 2 aromatic rings. The summed E-state index contributed by atoms with van der Waals surface area (Å²) in [5.74, 6) is -6.22. The Morgan fingerprint density at radius 2 is 1.44 bits per heavy atom. The van der Waals surface area contributed by atoms with Crippen LogP contribution in [0.3, 0.4) is 0 Å². The number of benzene rings is 2. The second-order valence-electron chi connectivity index (χ2n) is 7.95. The van der Waals surface area contributed by atoms with Crippen LogP contribution in [0.4, 0.5) is 16.2 Å². The van der Waals surface area contributed by atoms with Crippen molar-refractivity contribution in [3.8, 4) is 0 Å². The molecule has 7 N–H and O–H groups in total. The summed E-state index contributed by atoms with van der Waals surface area (Å²) in [4.78, 5) is 72.1. The molecule has 0 aliphatic carbocycles. The van der Waals surface area contributed by atoms with Crippen LogP contribution >= 0.6 is 0 Å². The van der Waals surface area contributed by atoms with Gasteiger partial charge in [0, 0.05) is 34.7 Å². The molecule has 0 spiro atoms. The van der Waals surface area contributed by atoms with E-state index in [0.717, 1.165) is 12.1 Å². The van der Waals surface area contributed by atoms with E-state index in [1.165, 1.54) is 30.3 Å². The topological polar surface area (TPSA) is 268 Å². The molecule has 0 unspecified atom stereocenters. The van der Waals surface area contributed by atoms with E-state index >= 15 is 0 Å². The van der Waals surface area contributed by atoms with Gasteiger partial charge in [-0.2, -0.15) is 0 Å². The van der Waals surface area contributed by atoms with Crippen molar-refractivity contribution < 1.29 is 49.2 Å². The number of hydrogen-bond donors (Lipinski definition) is 7. The fourth-order valence-corrected chi connectivity index (χ4v) is 3.22. The molecule has 2 atom stereocenters. The highest BCUT2D eigenvalue weighted by molar-refractivity contribution is 6.06. The lowest BCUT2D eigenvalue weighted by Gasteiger charge is -2.18. The minimum absolute atomic E-state index is 0.0780. The van der Waals surface area contributed by atoms with Crippen LogP contribution < -0.4 is 16.0 Å². The van der Waals surface area contributed by atoms with Gasteiger partial charge in [-0.15, -0.1) is 0 Å². The highest BCUT2D eigenvalue weighted by Gasteiger charge is 2.25. The van der Waals surface area contributed by atoms with Gasteiger partial charge in [-0.25, -0.2) is 19.2 Å². The number of carboxylic acid groups (broad SMARTS) is 4. The van der Waals surface area contributed by atoms with Crippen LogP contribution in [-0.4, -0.2) is 68.3 Å². The van der Waals surface area contributed by atoms with Crippen LogP contribution in [0.1, 0.15) is 39.1 Å². The third kappa shape index (κ3) is 9.40. The second-order valence-corrected chi connectivity index (χ2v) is 7.95. The molecule has 3 amide bonds. The van der Waals surface area contributed by atoms with Gasteiger partial charge in [0.1, 0.15) is 12.1 Å². The Balaban J connectivity index is 2.07. The minimum Gasteiger partial charge on any atom is -0.481 e. The summed E-state index contributed by atoms with van der Waals surface area (Å²) in [5, 5.41) is 46.5. The molecular formula is C23H22N6O10. The normalized spacial score (nSPS) is 11.7. The maximum atomic E-state index is 12.6. The number of aromatic carboxylic acids is 1. The fraction of sp³-hybridized carbons (Fsp3) is 0.217. The van der Waals surface area contributed by atoms with Crippen LogP contribution in [-0.2, 0) is 20.8 Å². The zero-order valence-corrected chi connectivity index (χ0v) is 19.9. The van der Waals surface area contributed by atoms with Gasteiger partial charge in [-0.3, -0.25) is 9.59 Å². The number of nitrogens with one attached hydrogen (secondary N) is 3. The molecule has 0 radical (unpaired) electrons. The highest BCUT2D eigenvalue weighted by atomic mass is 16.4. The Bertz CT molecular complexity index is 1320. The number of amides is 3. The SMILES string of the molecule is [N-]=[N+]=Nc1cc(C(=O)O)cc(C(=O)Nc2ccc(C[C@H](NC(=O)N[C@@H](CCC(=O)O)C(=O)O)C(=O)O)cc2)c1. The molecule has 0 fully saturated rings. The number of carbonyl (C=O) groups is 6. The molecule has 2 rings (SSSR count). The van der Waals surface area contributed by atoms with E-state index in [-0.39, 0.29) is 28.9 Å². The van der Waals surface area contributed by atoms with Crippen molar-refractivity contribution in [2.45, 2.75) is 31.3 Å². The van der Waals surface area contributed by atoms with Gasteiger partial charge >= 0.3 is 29.9 Å². The number of rotatable bonds is 13. The van der Waals surface area contributed by atoms with E-state index in [4.69, 9.17) is 15.7 Å². The van der Waals surface area contributed by atoms with Crippen molar-refractivity contribution in [3.63, 3.8) is 0 Å². The van der Waals surface area contributed by atoms with E-state index in [1.54, 1.807) is 0 Å². The van der Waals surface area contributed by atoms with Crippen molar-refractivity contribution in [1.29, 1.82) is 0 Å². The van der Waals surface area contributed by atoms with Gasteiger partial charge < -0.3 is 36.4 Å². The molecule has 0 saturated heterocycles. The van der Waals surface area contributed by atoms with Crippen LogP contribution in [0.25, 0.3) is 10.4 Å². The summed E-state index contributed by atoms with van der Waals surface area (Å²) in [7, 11) is 0. The lowest BCUT2D eigenvalue weighted by atomic mass is 10.1. The summed E-state index contributed by atoms with van der Waals surface area (Å²) in [6.45, 7) is 0. The van der Waals surface area contributed by atoms with Crippen molar-refractivity contribution >= 4 is 47.2 Å². The summed E-state index contributed by atoms with van der Waals surface area (Å²) in [6, 6.07) is 5.00. The third-order valence-corrected chi connectivity index (χ3v) is 5.09. The van der Waals surface area contributed by atoms with Gasteiger partial charge in [-0.05, 0) is 47.8 Å². The van der Waals surface area contributed by atoms with Crippen molar-refractivity contribution in [2.24, 2.45) is 5.11 Å². The molecule has 204 valence electrons. The molecular weight excluding hydrogens is 520 g/mol. The highest BCUT2D eigenvalue weighted by Crippen LogP contribution is 2.20. The lowest BCUT2D eigenvalue weighted by molar-refractivity contribution is -0.140. The number of nitrogens with zero attached hydrogens (tertiary/aromatic N) is 3. The molecule has 0 bridgehead atoms. The Labute approximate surface area is 218 Å². The number of anilines is 1. The van der Waals surface area contributed by atoms with Crippen LogP contribution in [0.2, 0.25) is 0 Å². The molecule has 0 saturated carbocycles. The Morgan fingerprint density at radius 1 is 0.846 bits per heavy atom. The molecule has 0 aliphatic rings. The number of urea groups is 1. The van der Waals surface area contributed by atoms with Crippen molar-refractivity contribution in [2.75, 3.05) is 5.32 Å². The first-order valence-electron chi connectivity index (χ1n) is 11.0. The number of hydrogen-bond acceptors (Lipinski definition) is 7. The standard InChI is InChI=1S/C23H22N6O10/c24-29-28-15-9-12(8-13(10-15)20(33)34)19(32)25-14-3-1-11(2-4-14)7-17(22(37)38)27-23(39)26-16(21(35)36)5-6-18(30)31/h1-4,8-10,16-17H,5-7H2,(H,25,32)(H,30,31)(H,33,34)(H,35,36)(H,37,38)(H2,26,27,39)/t16-,17-/m0/s1. The van der Waals surface area contributed by atoms with Gasteiger partial charge in [-0.1, -0.05) is 17.2 Å². The Kier molecular flexibility index (Phi) is 10.3. The zero-order chi connectivity index (χ0) is 29.1. The molecule has 0 heterocycles. The van der Waals surface area contributed by atoms with Gasteiger partial charge in [0.05, 0.1) is 5.56 Å². The van der Waals surface area contributed by atoms with E-state index in [1.807, 2.05) is 5.32 Å². The predicted octanol–water partition coefficient (Wildman–Crippen LogP) is 2.19. The zero-order valence-electron chi connectivity index (χ0n) is 19.9. The van der Waals surface area contributed by atoms with Crippen molar-refractivity contribution in [3.05, 3.63) is 69.6 Å². The van der Waals surface area contributed by atoms with Crippen molar-refractivity contribution in [1.82, 2.24) is 10.6 Å². The molecule has 16 nitrogen and oxygen atoms in total. The fourth-order valence-electron chi connectivity index (χ4n) is 3.22. The van der Waals surface area contributed by atoms with Gasteiger partial charge in [0.15, 0.2) is 0 Å². The first kappa shape index (κ1) is 29.6. The van der Waals surface area contributed by atoms with E-state index < -0.39 is 60.7 Å². The average molecular weight is 542 g/mol. The van der Waals surface area contributed by atoms with Crippen LogP contribution in [0.5, 0.6) is 0 Å². The Morgan fingerprint density at radius 3 is 1.97 bits per heavy atom. The summed E-state index contributed by atoms with van der Waals surface area (Å²) >= 11 is 0. The minimum atomic E-state index is -1.54. The average Bonchev–Trinajstić information content (AvgIpc) is 2.86. The Hall–Kier alpha value is -5.63.